The van der Waals surface area contributed by atoms with Crippen molar-refractivity contribution in [2.75, 3.05) is 26.7 Å². The van der Waals surface area contributed by atoms with Crippen molar-refractivity contribution in [2.45, 2.75) is 51.5 Å². The van der Waals surface area contributed by atoms with E-state index in [0.29, 0.717) is 17.3 Å². The van der Waals surface area contributed by atoms with Crippen LogP contribution in [0.5, 0.6) is 0 Å². The van der Waals surface area contributed by atoms with Crippen molar-refractivity contribution in [1.82, 2.24) is 19.9 Å². The molecule has 2 saturated heterocycles. The van der Waals surface area contributed by atoms with E-state index in [1.54, 1.807) is 0 Å². The Kier molecular flexibility index (Phi) is 5.67. The lowest BCUT2D eigenvalue weighted by atomic mass is 9.76. The zero-order valence-corrected chi connectivity index (χ0v) is 18.2. The minimum absolute atomic E-state index is 0.197. The molecule has 4 rings (SSSR count). The van der Waals surface area contributed by atoms with Gasteiger partial charge in [-0.15, -0.1) is 0 Å². The molecule has 1 aromatic carbocycles. The number of halogens is 1. The fourth-order valence-corrected chi connectivity index (χ4v) is 4.78. The van der Waals surface area contributed by atoms with Crippen LogP contribution in [0.15, 0.2) is 28.8 Å². The Balaban J connectivity index is 1.35. The van der Waals surface area contributed by atoms with Crippen molar-refractivity contribution in [3.05, 3.63) is 46.6 Å². The first kappa shape index (κ1) is 20.4. The van der Waals surface area contributed by atoms with E-state index >= 15 is 0 Å². The van der Waals surface area contributed by atoms with Gasteiger partial charge in [0, 0.05) is 30.6 Å². The third-order valence-electron chi connectivity index (χ3n) is 6.44. The highest BCUT2D eigenvalue weighted by Crippen LogP contribution is 2.47. The van der Waals surface area contributed by atoms with Gasteiger partial charge in [0.1, 0.15) is 0 Å². The quantitative estimate of drug-likeness (QED) is 0.751. The molecular weight excluding hydrogens is 388 g/mol. The van der Waals surface area contributed by atoms with Crippen LogP contribution >= 0.6 is 11.6 Å². The molecule has 1 amide bonds. The number of carbonyl (C=O) groups is 1. The van der Waals surface area contributed by atoms with Crippen LogP contribution < -0.4 is 0 Å². The van der Waals surface area contributed by atoms with E-state index in [9.17, 15) is 4.79 Å². The molecule has 1 spiro atoms. The highest BCUT2D eigenvalue weighted by atomic mass is 35.5. The molecule has 1 unspecified atom stereocenters. The summed E-state index contributed by atoms with van der Waals surface area (Å²) in [5.41, 5.74) is 1.24. The molecule has 3 heterocycles. The molecule has 0 saturated carbocycles. The lowest BCUT2D eigenvalue weighted by Crippen LogP contribution is -2.44. The minimum atomic E-state index is 0.197. The average Bonchev–Trinajstić information content (AvgIpc) is 3.29. The van der Waals surface area contributed by atoms with Crippen LogP contribution in [0.25, 0.3) is 0 Å². The van der Waals surface area contributed by atoms with Gasteiger partial charge >= 0.3 is 0 Å². The summed E-state index contributed by atoms with van der Waals surface area (Å²) in [5.74, 6) is 1.95. The average molecular weight is 417 g/mol. The monoisotopic (exact) mass is 416 g/mol. The van der Waals surface area contributed by atoms with E-state index in [1.165, 1.54) is 0 Å². The fourth-order valence-electron chi connectivity index (χ4n) is 4.66. The zero-order chi connectivity index (χ0) is 20.6. The van der Waals surface area contributed by atoms with Crippen molar-refractivity contribution >= 4 is 17.5 Å². The van der Waals surface area contributed by atoms with Gasteiger partial charge in [-0.1, -0.05) is 42.7 Å². The summed E-state index contributed by atoms with van der Waals surface area (Å²) in [4.78, 5) is 21.7. The van der Waals surface area contributed by atoms with Crippen LogP contribution in [0.1, 0.15) is 62.3 Å². The van der Waals surface area contributed by atoms with Crippen LogP contribution in [-0.2, 0) is 11.2 Å². The molecule has 29 heavy (non-hydrogen) atoms. The maximum atomic E-state index is 12.7. The van der Waals surface area contributed by atoms with Crippen molar-refractivity contribution in [3.63, 3.8) is 0 Å². The largest absolute Gasteiger partial charge is 0.342 e. The minimum Gasteiger partial charge on any atom is -0.342 e. The Morgan fingerprint density at radius 3 is 2.59 bits per heavy atom. The van der Waals surface area contributed by atoms with Gasteiger partial charge < -0.3 is 9.42 Å². The van der Waals surface area contributed by atoms with E-state index in [1.807, 2.05) is 29.2 Å². The second-order valence-corrected chi connectivity index (χ2v) is 9.40. The number of nitrogens with zero attached hydrogens (tertiary/aromatic N) is 4. The molecule has 1 aromatic heterocycles. The molecule has 2 aliphatic heterocycles. The number of likely N-dealkylation sites (tertiary alicyclic amines) is 2. The second-order valence-electron chi connectivity index (χ2n) is 8.96. The van der Waals surface area contributed by atoms with Gasteiger partial charge in [0.05, 0.1) is 12.5 Å². The standard InChI is InChI=1S/C22H29ClN4O2/c1-15(2)21-24-20(25-29-21)18-13-22(14-26(18)3)8-10-27(11-9-22)19(28)12-16-4-6-17(23)7-5-16/h4-7,15,18H,8-14H2,1-3H3. The molecular formula is C22H29ClN4O2. The Morgan fingerprint density at radius 2 is 1.97 bits per heavy atom. The van der Waals surface area contributed by atoms with Crippen molar-refractivity contribution in [2.24, 2.45) is 5.41 Å². The summed E-state index contributed by atoms with van der Waals surface area (Å²) >= 11 is 5.94. The third kappa shape index (κ3) is 4.33. The molecule has 1 atom stereocenters. The second kappa shape index (κ2) is 8.07. The number of hydrogen-bond acceptors (Lipinski definition) is 5. The molecule has 0 bridgehead atoms. The summed E-state index contributed by atoms with van der Waals surface area (Å²) < 4.78 is 5.43. The molecule has 6 nitrogen and oxygen atoms in total. The fraction of sp³-hybridized carbons (Fsp3) is 0.591. The molecule has 2 aliphatic rings. The predicted molar refractivity (Wildman–Crippen MR) is 112 cm³/mol. The third-order valence-corrected chi connectivity index (χ3v) is 6.69. The van der Waals surface area contributed by atoms with Crippen LogP contribution in [0.3, 0.4) is 0 Å². The first-order valence-corrected chi connectivity index (χ1v) is 10.8. The van der Waals surface area contributed by atoms with Gasteiger partial charge in [-0.2, -0.15) is 4.98 Å². The van der Waals surface area contributed by atoms with Gasteiger partial charge in [-0.3, -0.25) is 9.69 Å². The van der Waals surface area contributed by atoms with Gasteiger partial charge in [0.15, 0.2) is 5.82 Å². The normalized spacial score (nSPS) is 22.0. The van der Waals surface area contributed by atoms with Gasteiger partial charge in [-0.05, 0) is 49.4 Å². The van der Waals surface area contributed by atoms with Gasteiger partial charge in [0.2, 0.25) is 11.8 Å². The Morgan fingerprint density at radius 1 is 1.28 bits per heavy atom. The number of piperidine rings is 1. The summed E-state index contributed by atoms with van der Waals surface area (Å²) in [5, 5.41) is 4.94. The Hall–Kier alpha value is -1.92. The topological polar surface area (TPSA) is 62.5 Å². The van der Waals surface area contributed by atoms with Gasteiger partial charge in [-0.25, -0.2) is 0 Å². The smallest absolute Gasteiger partial charge is 0.229 e. The van der Waals surface area contributed by atoms with Crippen molar-refractivity contribution in [3.8, 4) is 0 Å². The molecule has 7 heteroatoms. The molecule has 0 radical (unpaired) electrons. The summed E-state index contributed by atoms with van der Waals surface area (Å²) in [6.07, 6.45) is 3.51. The molecule has 2 aromatic rings. The van der Waals surface area contributed by atoms with Crippen molar-refractivity contribution < 1.29 is 9.32 Å². The number of rotatable bonds is 4. The zero-order valence-electron chi connectivity index (χ0n) is 17.4. The SMILES string of the molecule is CC(C)c1nc(C2CC3(CCN(C(=O)Cc4ccc(Cl)cc4)CC3)CN2C)no1. The molecule has 2 fully saturated rings. The van der Waals surface area contributed by atoms with E-state index < -0.39 is 0 Å². The van der Waals surface area contributed by atoms with E-state index in [0.717, 1.165) is 50.3 Å². The van der Waals surface area contributed by atoms with E-state index in [4.69, 9.17) is 16.1 Å². The summed E-state index contributed by atoms with van der Waals surface area (Å²) in [6, 6.07) is 7.73. The first-order chi connectivity index (χ1) is 13.8. The maximum absolute atomic E-state index is 12.7. The summed E-state index contributed by atoms with van der Waals surface area (Å²) in [7, 11) is 2.14. The number of hydrogen-bond donors (Lipinski definition) is 0. The lowest BCUT2D eigenvalue weighted by molar-refractivity contribution is -0.132. The lowest BCUT2D eigenvalue weighted by Gasteiger charge is -2.39. The Labute approximate surface area is 177 Å². The van der Waals surface area contributed by atoms with Crippen LogP contribution in [-0.4, -0.2) is 52.5 Å². The molecule has 0 aliphatic carbocycles. The van der Waals surface area contributed by atoms with E-state index in [2.05, 4.69) is 35.9 Å². The number of benzene rings is 1. The molecule has 156 valence electrons. The van der Waals surface area contributed by atoms with Crippen LogP contribution in [0, 0.1) is 5.41 Å². The highest BCUT2D eigenvalue weighted by Gasteiger charge is 2.46. The first-order valence-electron chi connectivity index (χ1n) is 10.4. The number of aromatic nitrogens is 2. The predicted octanol–water partition coefficient (Wildman–Crippen LogP) is 4.07. The van der Waals surface area contributed by atoms with Crippen LogP contribution in [0.2, 0.25) is 5.02 Å². The van der Waals surface area contributed by atoms with Crippen LogP contribution in [0.4, 0.5) is 0 Å². The van der Waals surface area contributed by atoms with Gasteiger partial charge in [0.25, 0.3) is 0 Å². The maximum Gasteiger partial charge on any atom is 0.229 e. The number of carbonyl (C=O) groups excluding carboxylic acids is 1. The summed E-state index contributed by atoms with van der Waals surface area (Å²) in [6.45, 7) is 6.78. The van der Waals surface area contributed by atoms with Crippen molar-refractivity contribution in [1.29, 1.82) is 0 Å². The highest BCUT2D eigenvalue weighted by molar-refractivity contribution is 6.30. The molecule has 0 N–H and O–H groups in total. The number of amides is 1. The Bertz CT molecular complexity index is 856. The van der Waals surface area contributed by atoms with E-state index in [-0.39, 0.29) is 23.3 Å².